The van der Waals surface area contributed by atoms with Gasteiger partial charge in [-0.3, -0.25) is 4.79 Å². The highest BCUT2D eigenvalue weighted by Gasteiger charge is 2.22. The second-order valence-corrected chi connectivity index (χ2v) is 5.82. The van der Waals surface area contributed by atoms with Crippen LogP contribution in [0.2, 0.25) is 0 Å². The third kappa shape index (κ3) is 3.98. The largest absolute Gasteiger partial charge is 0.486 e. The number of carbonyl (C=O) groups excluding carboxylic acids is 1. The van der Waals surface area contributed by atoms with Crippen molar-refractivity contribution in [3.63, 3.8) is 0 Å². The number of carbonyl (C=O) groups is 1. The molecule has 1 aliphatic heterocycles. The first kappa shape index (κ1) is 16.2. The van der Waals surface area contributed by atoms with Crippen molar-refractivity contribution in [3.8, 4) is 17.2 Å². The SMILES string of the molecule is Cc1cccc(O[C@H](C)C(=O)NC[C@H]2COc3ccccc3O2)c1. The lowest BCUT2D eigenvalue weighted by molar-refractivity contribution is -0.127. The lowest BCUT2D eigenvalue weighted by Crippen LogP contribution is -2.44. The van der Waals surface area contributed by atoms with Crippen molar-refractivity contribution in [3.05, 3.63) is 54.1 Å². The van der Waals surface area contributed by atoms with Gasteiger partial charge in [0.25, 0.3) is 5.91 Å². The maximum atomic E-state index is 12.2. The molecule has 0 saturated carbocycles. The number of para-hydroxylation sites is 2. The van der Waals surface area contributed by atoms with Gasteiger partial charge >= 0.3 is 0 Å². The van der Waals surface area contributed by atoms with Crippen LogP contribution >= 0.6 is 0 Å². The Kier molecular flexibility index (Phi) is 4.89. The van der Waals surface area contributed by atoms with Crippen LogP contribution in [0, 0.1) is 6.92 Å². The predicted octanol–water partition coefficient (Wildman–Crippen LogP) is 2.72. The average Bonchev–Trinajstić information content (AvgIpc) is 2.59. The third-order valence-electron chi connectivity index (χ3n) is 3.74. The highest BCUT2D eigenvalue weighted by molar-refractivity contribution is 5.80. The van der Waals surface area contributed by atoms with Crippen LogP contribution in [0.3, 0.4) is 0 Å². The Morgan fingerprint density at radius 2 is 2.04 bits per heavy atom. The first-order valence-electron chi connectivity index (χ1n) is 8.01. The van der Waals surface area contributed by atoms with E-state index in [4.69, 9.17) is 14.2 Å². The summed E-state index contributed by atoms with van der Waals surface area (Å²) < 4.78 is 17.1. The van der Waals surface area contributed by atoms with Crippen molar-refractivity contribution in [2.45, 2.75) is 26.1 Å². The molecule has 5 heteroatoms. The molecule has 0 bridgehead atoms. The number of fused-ring (bicyclic) bond motifs is 1. The minimum absolute atomic E-state index is 0.182. The number of hydrogen-bond acceptors (Lipinski definition) is 4. The predicted molar refractivity (Wildman–Crippen MR) is 90.6 cm³/mol. The van der Waals surface area contributed by atoms with E-state index in [2.05, 4.69) is 5.32 Å². The first-order valence-corrected chi connectivity index (χ1v) is 8.01. The molecule has 1 aliphatic rings. The fourth-order valence-corrected chi connectivity index (χ4v) is 2.47. The summed E-state index contributed by atoms with van der Waals surface area (Å²) in [5.41, 5.74) is 1.09. The fourth-order valence-electron chi connectivity index (χ4n) is 2.47. The fraction of sp³-hybridized carbons (Fsp3) is 0.316. The highest BCUT2D eigenvalue weighted by Crippen LogP contribution is 2.30. The Hall–Kier alpha value is -2.69. The van der Waals surface area contributed by atoms with Crippen molar-refractivity contribution in [2.75, 3.05) is 13.2 Å². The number of hydrogen-bond donors (Lipinski definition) is 1. The van der Waals surface area contributed by atoms with Crippen molar-refractivity contribution in [1.29, 1.82) is 0 Å². The summed E-state index contributed by atoms with van der Waals surface area (Å²) in [4.78, 5) is 12.2. The molecule has 0 aliphatic carbocycles. The smallest absolute Gasteiger partial charge is 0.260 e. The summed E-state index contributed by atoms with van der Waals surface area (Å²) in [5.74, 6) is 1.94. The maximum Gasteiger partial charge on any atom is 0.260 e. The second-order valence-electron chi connectivity index (χ2n) is 5.82. The first-order chi connectivity index (χ1) is 11.6. The third-order valence-corrected chi connectivity index (χ3v) is 3.74. The van der Waals surface area contributed by atoms with E-state index in [1.807, 2.05) is 55.5 Å². The molecule has 0 aromatic heterocycles. The van der Waals surface area contributed by atoms with Crippen LogP contribution in [0.15, 0.2) is 48.5 Å². The van der Waals surface area contributed by atoms with E-state index in [0.717, 1.165) is 11.3 Å². The van der Waals surface area contributed by atoms with Gasteiger partial charge in [-0.2, -0.15) is 0 Å². The van der Waals surface area contributed by atoms with Gasteiger partial charge in [0.15, 0.2) is 17.6 Å². The monoisotopic (exact) mass is 327 g/mol. The van der Waals surface area contributed by atoms with Gasteiger partial charge in [0.1, 0.15) is 18.5 Å². The van der Waals surface area contributed by atoms with Gasteiger partial charge in [0.2, 0.25) is 0 Å². The molecule has 2 aromatic rings. The van der Waals surface area contributed by atoms with Crippen molar-refractivity contribution in [2.24, 2.45) is 0 Å². The van der Waals surface area contributed by atoms with Crippen LogP contribution in [-0.4, -0.2) is 31.3 Å². The van der Waals surface area contributed by atoms with Gasteiger partial charge < -0.3 is 19.5 Å². The van der Waals surface area contributed by atoms with Gasteiger partial charge in [-0.25, -0.2) is 0 Å². The van der Waals surface area contributed by atoms with Gasteiger partial charge in [-0.15, -0.1) is 0 Å². The van der Waals surface area contributed by atoms with E-state index in [9.17, 15) is 4.79 Å². The maximum absolute atomic E-state index is 12.2. The molecule has 3 rings (SSSR count). The summed E-state index contributed by atoms with van der Waals surface area (Å²) >= 11 is 0. The molecule has 2 atom stereocenters. The minimum atomic E-state index is -0.580. The quantitative estimate of drug-likeness (QED) is 0.917. The number of benzene rings is 2. The molecule has 1 N–H and O–H groups in total. The highest BCUT2D eigenvalue weighted by atomic mass is 16.6. The summed E-state index contributed by atoms with van der Waals surface area (Å²) in [5, 5.41) is 2.85. The van der Waals surface area contributed by atoms with Crippen LogP contribution in [0.25, 0.3) is 0 Å². The zero-order chi connectivity index (χ0) is 16.9. The van der Waals surface area contributed by atoms with Crippen molar-refractivity contribution < 1.29 is 19.0 Å². The summed E-state index contributed by atoms with van der Waals surface area (Å²) in [7, 11) is 0. The zero-order valence-electron chi connectivity index (χ0n) is 13.8. The molecular weight excluding hydrogens is 306 g/mol. The Bertz CT molecular complexity index is 716. The molecular formula is C19H21NO4. The van der Waals surface area contributed by atoms with Gasteiger partial charge in [0.05, 0.1) is 6.54 Å². The van der Waals surface area contributed by atoms with Crippen LogP contribution in [-0.2, 0) is 4.79 Å². The number of amides is 1. The van der Waals surface area contributed by atoms with E-state index >= 15 is 0 Å². The molecule has 5 nitrogen and oxygen atoms in total. The molecule has 1 heterocycles. The Morgan fingerprint density at radius 3 is 2.83 bits per heavy atom. The molecule has 0 spiro atoms. The van der Waals surface area contributed by atoms with Gasteiger partial charge in [-0.05, 0) is 43.7 Å². The van der Waals surface area contributed by atoms with Crippen LogP contribution in [0.1, 0.15) is 12.5 Å². The van der Waals surface area contributed by atoms with E-state index < -0.39 is 6.10 Å². The lowest BCUT2D eigenvalue weighted by atomic mass is 10.2. The van der Waals surface area contributed by atoms with Crippen molar-refractivity contribution >= 4 is 5.91 Å². The second kappa shape index (κ2) is 7.25. The molecule has 0 radical (unpaired) electrons. The van der Waals surface area contributed by atoms with E-state index in [-0.39, 0.29) is 12.0 Å². The standard InChI is InChI=1S/C19H21NO4/c1-13-6-5-7-15(10-13)23-14(2)19(21)20-11-16-12-22-17-8-3-4-9-18(17)24-16/h3-10,14,16H,11-12H2,1-2H3,(H,20,21)/t14-,16+/m1/s1. The Morgan fingerprint density at radius 1 is 1.25 bits per heavy atom. The molecule has 2 aromatic carbocycles. The molecule has 24 heavy (non-hydrogen) atoms. The van der Waals surface area contributed by atoms with E-state index in [1.165, 1.54) is 0 Å². The summed E-state index contributed by atoms with van der Waals surface area (Å²) in [6.45, 7) is 4.49. The average molecular weight is 327 g/mol. The summed E-state index contributed by atoms with van der Waals surface area (Å²) in [6.07, 6.45) is -0.793. The van der Waals surface area contributed by atoms with Crippen LogP contribution < -0.4 is 19.5 Å². The summed E-state index contributed by atoms with van der Waals surface area (Å²) in [6, 6.07) is 15.1. The van der Waals surface area contributed by atoms with Gasteiger partial charge in [-0.1, -0.05) is 24.3 Å². The number of ether oxygens (including phenoxy) is 3. The topological polar surface area (TPSA) is 56.8 Å². The Balaban J connectivity index is 1.49. The minimum Gasteiger partial charge on any atom is -0.486 e. The molecule has 1 amide bonds. The number of rotatable bonds is 5. The lowest BCUT2D eigenvalue weighted by Gasteiger charge is -2.27. The molecule has 0 unspecified atom stereocenters. The van der Waals surface area contributed by atoms with Crippen LogP contribution in [0.5, 0.6) is 17.2 Å². The van der Waals surface area contributed by atoms with E-state index in [1.54, 1.807) is 6.92 Å². The van der Waals surface area contributed by atoms with Gasteiger partial charge in [0, 0.05) is 0 Å². The number of nitrogens with one attached hydrogen (secondary N) is 1. The number of aryl methyl sites for hydroxylation is 1. The zero-order valence-corrected chi connectivity index (χ0v) is 13.8. The Labute approximate surface area is 141 Å². The van der Waals surface area contributed by atoms with E-state index in [0.29, 0.717) is 24.7 Å². The molecule has 0 saturated heterocycles. The normalized spacial score (nSPS) is 17.0. The van der Waals surface area contributed by atoms with Crippen LogP contribution in [0.4, 0.5) is 0 Å². The van der Waals surface area contributed by atoms with Crippen molar-refractivity contribution in [1.82, 2.24) is 5.32 Å². The molecule has 126 valence electrons. The molecule has 0 fully saturated rings.